The monoisotopic (exact) mass is 373 g/mol. The summed E-state index contributed by atoms with van der Waals surface area (Å²) in [5, 5.41) is -0.0453. The van der Waals surface area contributed by atoms with Crippen LogP contribution in [0.1, 0.15) is 5.56 Å². The predicted octanol–water partition coefficient (Wildman–Crippen LogP) is 3.80. The standard InChI is InChI=1S/C13H12BrNO3S2/c1-17-10-5-7(8(14)6-11(10)18-2)4-9-12(16)20-13(15-9)19-3/h4-6H,1-3H3/b9-4+. The largest absolute Gasteiger partial charge is 0.493 e. The quantitative estimate of drug-likeness (QED) is 0.754. The zero-order valence-electron chi connectivity index (χ0n) is 11.1. The smallest absolute Gasteiger partial charge is 0.244 e. The first kappa shape index (κ1) is 15.5. The van der Waals surface area contributed by atoms with E-state index in [2.05, 4.69) is 20.9 Å². The summed E-state index contributed by atoms with van der Waals surface area (Å²) in [6, 6.07) is 3.61. The van der Waals surface area contributed by atoms with Gasteiger partial charge in [-0.1, -0.05) is 15.9 Å². The van der Waals surface area contributed by atoms with Crippen molar-refractivity contribution < 1.29 is 14.3 Å². The van der Waals surface area contributed by atoms with Gasteiger partial charge in [0.05, 0.1) is 14.2 Å². The van der Waals surface area contributed by atoms with E-state index in [4.69, 9.17) is 9.47 Å². The van der Waals surface area contributed by atoms with Gasteiger partial charge in [-0.25, -0.2) is 4.99 Å². The molecular formula is C13H12BrNO3S2. The molecule has 0 N–H and O–H groups in total. The SMILES string of the molecule is COc1cc(Br)c(/C=C2/N=C(SC)SC2=O)cc1OC. The molecule has 0 fully saturated rings. The molecule has 0 radical (unpaired) electrons. The molecule has 0 aromatic heterocycles. The highest BCUT2D eigenvalue weighted by Crippen LogP contribution is 2.36. The molecule has 4 nitrogen and oxygen atoms in total. The number of methoxy groups -OCH3 is 2. The van der Waals surface area contributed by atoms with E-state index in [0.29, 0.717) is 17.2 Å². The van der Waals surface area contributed by atoms with E-state index in [1.807, 2.05) is 6.26 Å². The summed E-state index contributed by atoms with van der Waals surface area (Å²) in [7, 11) is 3.15. The Morgan fingerprint density at radius 1 is 1.30 bits per heavy atom. The minimum Gasteiger partial charge on any atom is -0.493 e. The third-order valence-electron chi connectivity index (χ3n) is 2.57. The molecule has 7 heteroatoms. The van der Waals surface area contributed by atoms with E-state index in [1.165, 1.54) is 11.8 Å². The molecule has 0 saturated heterocycles. The zero-order valence-corrected chi connectivity index (χ0v) is 14.3. The van der Waals surface area contributed by atoms with Crippen LogP contribution >= 0.6 is 39.5 Å². The minimum absolute atomic E-state index is 0.0453. The number of nitrogens with zero attached hydrogens (tertiary/aromatic N) is 1. The van der Waals surface area contributed by atoms with E-state index >= 15 is 0 Å². The Balaban J connectivity index is 2.44. The molecule has 0 spiro atoms. The van der Waals surface area contributed by atoms with E-state index in [0.717, 1.165) is 26.2 Å². The molecule has 106 valence electrons. The average Bonchev–Trinajstić information content (AvgIpc) is 2.81. The van der Waals surface area contributed by atoms with Crippen molar-refractivity contribution in [2.45, 2.75) is 0 Å². The van der Waals surface area contributed by atoms with Crippen molar-refractivity contribution in [3.8, 4) is 11.5 Å². The molecule has 0 aliphatic carbocycles. The van der Waals surface area contributed by atoms with Gasteiger partial charge in [0.1, 0.15) is 10.1 Å². The summed E-state index contributed by atoms with van der Waals surface area (Å²) in [5.74, 6) is 1.23. The topological polar surface area (TPSA) is 47.9 Å². The van der Waals surface area contributed by atoms with Crippen LogP contribution in [0.3, 0.4) is 0 Å². The molecule has 1 heterocycles. The lowest BCUT2D eigenvalue weighted by molar-refractivity contribution is -0.107. The Morgan fingerprint density at radius 3 is 2.50 bits per heavy atom. The predicted molar refractivity (Wildman–Crippen MR) is 88.8 cm³/mol. The molecule has 0 bridgehead atoms. The molecule has 0 unspecified atom stereocenters. The summed E-state index contributed by atoms with van der Waals surface area (Å²) < 4.78 is 12.1. The highest BCUT2D eigenvalue weighted by molar-refractivity contribution is 9.10. The van der Waals surface area contributed by atoms with Gasteiger partial charge in [-0.05, 0) is 41.8 Å². The number of thioether (sulfide) groups is 2. The van der Waals surface area contributed by atoms with Crippen LogP contribution in [0.25, 0.3) is 6.08 Å². The number of benzene rings is 1. The summed E-state index contributed by atoms with van der Waals surface area (Å²) in [6.07, 6.45) is 3.64. The van der Waals surface area contributed by atoms with E-state index < -0.39 is 0 Å². The van der Waals surface area contributed by atoms with Crippen LogP contribution in [-0.4, -0.2) is 30.0 Å². The Labute approximate surface area is 134 Å². The molecule has 0 atom stereocenters. The van der Waals surface area contributed by atoms with Crippen LogP contribution in [0.5, 0.6) is 11.5 Å². The lowest BCUT2D eigenvalue weighted by atomic mass is 10.1. The fraction of sp³-hybridized carbons (Fsp3) is 0.231. The van der Waals surface area contributed by atoms with Gasteiger partial charge in [-0.3, -0.25) is 4.79 Å². The number of hydrogen-bond donors (Lipinski definition) is 0. The first-order valence-electron chi connectivity index (χ1n) is 5.57. The molecule has 0 amide bonds. The molecule has 20 heavy (non-hydrogen) atoms. The van der Waals surface area contributed by atoms with Gasteiger partial charge in [0.2, 0.25) is 5.12 Å². The highest BCUT2D eigenvalue weighted by Gasteiger charge is 2.22. The van der Waals surface area contributed by atoms with Crippen molar-refractivity contribution in [2.75, 3.05) is 20.5 Å². The van der Waals surface area contributed by atoms with Gasteiger partial charge in [0, 0.05) is 4.47 Å². The number of ether oxygens (including phenoxy) is 2. The number of carbonyl (C=O) groups excluding carboxylic acids is 1. The molecule has 1 aliphatic heterocycles. The zero-order chi connectivity index (χ0) is 14.7. The fourth-order valence-corrected chi connectivity index (χ4v) is 3.30. The second-order valence-corrected chi connectivity index (χ2v) is 6.60. The van der Waals surface area contributed by atoms with Crippen molar-refractivity contribution in [1.82, 2.24) is 0 Å². The first-order valence-corrected chi connectivity index (χ1v) is 8.40. The molecule has 1 aliphatic rings. The highest BCUT2D eigenvalue weighted by atomic mass is 79.9. The first-order chi connectivity index (χ1) is 9.58. The molecule has 0 saturated carbocycles. The second-order valence-electron chi connectivity index (χ2n) is 3.73. The lowest BCUT2D eigenvalue weighted by Crippen LogP contribution is -1.93. The number of carbonyl (C=O) groups is 1. The van der Waals surface area contributed by atoms with Crippen molar-refractivity contribution in [1.29, 1.82) is 0 Å². The normalized spacial score (nSPS) is 16.5. The number of halogens is 1. The van der Waals surface area contributed by atoms with E-state index in [1.54, 1.807) is 32.4 Å². The summed E-state index contributed by atoms with van der Waals surface area (Å²) in [5.41, 5.74) is 1.25. The van der Waals surface area contributed by atoms with Gasteiger partial charge in [-0.2, -0.15) is 0 Å². The molecule has 2 rings (SSSR count). The maximum Gasteiger partial charge on any atom is 0.244 e. The van der Waals surface area contributed by atoms with Gasteiger partial charge < -0.3 is 9.47 Å². The summed E-state index contributed by atoms with van der Waals surface area (Å²) in [4.78, 5) is 16.1. The summed E-state index contributed by atoms with van der Waals surface area (Å²) in [6.45, 7) is 0. The Kier molecular flexibility index (Phi) is 5.17. The van der Waals surface area contributed by atoms with Crippen LogP contribution in [0.15, 0.2) is 27.3 Å². The maximum absolute atomic E-state index is 11.8. The average molecular weight is 374 g/mol. The molecule has 1 aromatic rings. The fourth-order valence-electron chi connectivity index (χ4n) is 1.60. The number of aliphatic imine (C=N–C) groups is 1. The Bertz CT molecular complexity index is 614. The van der Waals surface area contributed by atoms with Crippen LogP contribution in [0.2, 0.25) is 0 Å². The van der Waals surface area contributed by atoms with Crippen LogP contribution in [0, 0.1) is 0 Å². The third kappa shape index (κ3) is 3.21. The van der Waals surface area contributed by atoms with Gasteiger partial charge in [0.15, 0.2) is 11.5 Å². The van der Waals surface area contributed by atoms with Gasteiger partial charge in [0.25, 0.3) is 0 Å². The van der Waals surface area contributed by atoms with Crippen molar-refractivity contribution >= 4 is 55.0 Å². The van der Waals surface area contributed by atoms with E-state index in [-0.39, 0.29) is 5.12 Å². The van der Waals surface area contributed by atoms with Crippen molar-refractivity contribution in [2.24, 2.45) is 4.99 Å². The molecule has 1 aromatic carbocycles. The lowest BCUT2D eigenvalue weighted by Gasteiger charge is -2.09. The van der Waals surface area contributed by atoms with Crippen LogP contribution in [0.4, 0.5) is 0 Å². The van der Waals surface area contributed by atoms with Gasteiger partial charge in [-0.15, -0.1) is 11.8 Å². The second kappa shape index (κ2) is 6.69. The van der Waals surface area contributed by atoms with Crippen LogP contribution in [-0.2, 0) is 4.79 Å². The Morgan fingerprint density at radius 2 is 1.95 bits per heavy atom. The third-order valence-corrected chi connectivity index (χ3v) is 5.11. The number of rotatable bonds is 3. The van der Waals surface area contributed by atoms with E-state index in [9.17, 15) is 4.79 Å². The number of hydrogen-bond acceptors (Lipinski definition) is 6. The molecular weight excluding hydrogens is 362 g/mol. The minimum atomic E-state index is -0.0453. The van der Waals surface area contributed by atoms with Crippen LogP contribution < -0.4 is 9.47 Å². The maximum atomic E-state index is 11.8. The van der Waals surface area contributed by atoms with Crippen molar-refractivity contribution in [3.05, 3.63) is 27.9 Å². The van der Waals surface area contributed by atoms with Crippen molar-refractivity contribution in [3.63, 3.8) is 0 Å². The summed E-state index contributed by atoms with van der Waals surface area (Å²) >= 11 is 6.07. The Hall–Kier alpha value is -0.920. The van der Waals surface area contributed by atoms with Gasteiger partial charge >= 0.3 is 0 Å².